The van der Waals surface area contributed by atoms with Crippen LogP contribution >= 0.6 is 10.6 Å². The van der Waals surface area contributed by atoms with E-state index < -0.39 is 10.6 Å². The van der Waals surface area contributed by atoms with E-state index in [0.717, 1.165) is 5.56 Å². The minimum absolute atomic E-state index is 0.596. The molecule has 2 rings (SSSR count). The largest absolute Gasteiger partial charge is 0.291 e. The van der Waals surface area contributed by atoms with Crippen molar-refractivity contribution < 1.29 is 9.11 Å². The lowest BCUT2D eigenvalue weighted by atomic mass is 10.1. The van der Waals surface area contributed by atoms with Crippen molar-refractivity contribution in [2.45, 2.75) is 6.42 Å². The van der Waals surface area contributed by atoms with Crippen molar-refractivity contribution in [2.24, 2.45) is 0 Å². The Morgan fingerprint density at radius 3 is 2.50 bits per heavy atom. The summed E-state index contributed by atoms with van der Waals surface area (Å²) in [6, 6.07) is 9.95. The Balaban J connectivity index is 2.14. The first kappa shape index (κ1) is 11.2. The Kier molecular flexibility index (Phi) is 3.29. The summed E-state index contributed by atoms with van der Waals surface area (Å²) in [6.45, 7) is 0. The Morgan fingerprint density at radius 2 is 1.81 bits per heavy atom. The average molecular weight is 234 g/mol. The Labute approximate surface area is 97.0 Å². The summed E-state index contributed by atoms with van der Waals surface area (Å²) in [4.78, 5) is 0.596. The summed E-state index contributed by atoms with van der Waals surface area (Å²) >= 11 is 0. The standard InChI is InChI=1S/C13H14O2S/c14-16(15)11-5-4-8-13(16)10-9-12-6-2-1-3-7-12/h1-8,10-11,14-15H,9H2. The van der Waals surface area contributed by atoms with Crippen molar-refractivity contribution in [1.29, 1.82) is 0 Å². The van der Waals surface area contributed by atoms with Crippen molar-refractivity contribution >= 4 is 10.6 Å². The van der Waals surface area contributed by atoms with Crippen LogP contribution in [0.4, 0.5) is 0 Å². The fraction of sp³-hybridized carbons (Fsp3) is 0.0769. The topological polar surface area (TPSA) is 40.5 Å². The van der Waals surface area contributed by atoms with E-state index in [4.69, 9.17) is 0 Å². The van der Waals surface area contributed by atoms with Crippen LogP contribution < -0.4 is 0 Å². The molecule has 0 atom stereocenters. The van der Waals surface area contributed by atoms with Gasteiger partial charge in [-0.1, -0.05) is 42.5 Å². The molecule has 0 radical (unpaired) electrons. The molecule has 16 heavy (non-hydrogen) atoms. The number of hydrogen-bond acceptors (Lipinski definition) is 2. The van der Waals surface area contributed by atoms with E-state index in [-0.39, 0.29) is 0 Å². The van der Waals surface area contributed by atoms with Crippen LogP contribution in [-0.4, -0.2) is 9.11 Å². The van der Waals surface area contributed by atoms with Gasteiger partial charge < -0.3 is 0 Å². The molecule has 0 aromatic heterocycles. The molecule has 1 aliphatic heterocycles. The summed E-state index contributed by atoms with van der Waals surface area (Å²) in [7, 11) is -2.70. The molecule has 3 heteroatoms. The molecule has 2 nitrogen and oxygen atoms in total. The van der Waals surface area contributed by atoms with Crippen molar-refractivity contribution in [2.75, 3.05) is 0 Å². The zero-order valence-electron chi connectivity index (χ0n) is 8.78. The van der Waals surface area contributed by atoms with Gasteiger partial charge in [0.15, 0.2) is 0 Å². The summed E-state index contributed by atoms with van der Waals surface area (Å²) in [5, 5.41) is 1.45. The first-order valence-electron chi connectivity index (χ1n) is 5.05. The zero-order chi connectivity index (χ0) is 11.4. The number of benzene rings is 1. The van der Waals surface area contributed by atoms with Gasteiger partial charge in [-0.05, 0) is 24.1 Å². The molecule has 1 aliphatic rings. The molecule has 1 aromatic carbocycles. The van der Waals surface area contributed by atoms with Crippen LogP contribution in [0.3, 0.4) is 0 Å². The van der Waals surface area contributed by atoms with Crippen molar-refractivity contribution in [3.05, 3.63) is 70.5 Å². The summed E-state index contributed by atoms with van der Waals surface area (Å²) in [6.07, 6.45) is 7.80. The van der Waals surface area contributed by atoms with Gasteiger partial charge >= 0.3 is 0 Å². The lowest BCUT2D eigenvalue weighted by molar-refractivity contribution is 0.508. The summed E-state index contributed by atoms with van der Waals surface area (Å²) in [5.74, 6) is 0. The van der Waals surface area contributed by atoms with E-state index in [2.05, 4.69) is 0 Å². The molecule has 1 aromatic rings. The zero-order valence-corrected chi connectivity index (χ0v) is 9.60. The third kappa shape index (κ3) is 2.64. The summed E-state index contributed by atoms with van der Waals surface area (Å²) < 4.78 is 19.5. The smallest absolute Gasteiger partial charge is 0.0593 e. The van der Waals surface area contributed by atoms with Crippen molar-refractivity contribution in [3.63, 3.8) is 0 Å². The van der Waals surface area contributed by atoms with Crippen LogP contribution in [-0.2, 0) is 6.42 Å². The highest BCUT2D eigenvalue weighted by molar-refractivity contribution is 8.30. The van der Waals surface area contributed by atoms with Crippen LogP contribution in [0.25, 0.3) is 0 Å². The molecule has 2 N–H and O–H groups in total. The quantitative estimate of drug-likeness (QED) is 0.813. The van der Waals surface area contributed by atoms with E-state index in [1.165, 1.54) is 5.41 Å². The van der Waals surface area contributed by atoms with E-state index in [1.54, 1.807) is 12.2 Å². The summed E-state index contributed by atoms with van der Waals surface area (Å²) in [5.41, 5.74) is 1.16. The van der Waals surface area contributed by atoms with Gasteiger partial charge in [-0.15, -0.1) is 10.6 Å². The van der Waals surface area contributed by atoms with Gasteiger partial charge in [0.1, 0.15) is 0 Å². The maximum atomic E-state index is 9.74. The first-order chi connectivity index (χ1) is 7.68. The fourth-order valence-electron chi connectivity index (χ4n) is 1.51. The van der Waals surface area contributed by atoms with E-state index in [1.807, 2.05) is 42.5 Å². The van der Waals surface area contributed by atoms with Crippen LogP contribution in [0, 0.1) is 0 Å². The molecule has 0 bridgehead atoms. The van der Waals surface area contributed by atoms with E-state index in [9.17, 15) is 9.11 Å². The molecule has 0 saturated heterocycles. The molecule has 0 fully saturated rings. The fourth-order valence-corrected chi connectivity index (χ4v) is 2.58. The predicted molar refractivity (Wildman–Crippen MR) is 69.4 cm³/mol. The van der Waals surface area contributed by atoms with Gasteiger partial charge in [0, 0.05) is 5.41 Å². The monoisotopic (exact) mass is 234 g/mol. The minimum Gasteiger partial charge on any atom is -0.291 e. The predicted octanol–water partition coefficient (Wildman–Crippen LogP) is 3.95. The molecule has 0 aliphatic carbocycles. The van der Waals surface area contributed by atoms with Crippen LogP contribution in [0.5, 0.6) is 0 Å². The maximum absolute atomic E-state index is 9.74. The van der Waals surface area contributed by atoms with Gasteiger partial charge in [-0.3, -0.25) is 9.11 Å². The molecule has 0 unspecified atom stereocenters. The van der Waals surface area contributed by atoms with Gasteiger partial charge in [-0.2, -0.15) is 0 Å². The van der Waals surface area contributed by atoms with Gasteiger partial charge in [0.05, 0.1) is 4.91 Å². The SMILES string of the molecule is OS1(O)C=CC=CC1=CCc1ccccc1. The lowest BCUT2D eigenvalue weighted by Gasteiger charge is -2.31. The molecule has 1 heterocycles. The van der Waals surface area contributed by atoms with Crippen LogP contribution in [0.1, 0.15) is 5.56 Å². The number of hydrogen-bond donors (Lipinski definition) is 2. The lowest BCUT2D eigenvalue weighted by Crippen LogP contribution is -1.98. The second-order valence-corrected chi connectivity index (χ2v) is 5.51. The van der Waals surface area contributed by atoms with Gasteiger partial charge in [0.2, 0.25) is 0 Å². The van der Waals surface area contributed by atoms with Gasteiger partial charge in [0.25, 0.3) is 0 Å². The Morgan fingerprint density at radius 1 is 1.06 bits per heavy atom. The molecular weight excluding hydrogens is 220 g/mol. The minimum atomic E-state index is -2.70. The highest BCUT2D eigenvalue weighted by Crippen LogP contribution is 2.51. The maximum Gasteiger partial charge on any atom is 0.0593 e. The third-order valence-corrected chi connectivity index (χ3v) is 3.90. The van der Waals surface area contributed by atoms with Crippen molar-refractivity contribution in [1.82, 2.24) is 0 Å². The molecule has 84 valence electrons. The third-order valence-electron chi connectivity index (χ3n) is 2.37. The molecule has 0 spiro atoms. The average Bonchev–Trinajstić information content (AvgIpc) is 2.28. The van der Waals surface area contributed by atoms with Crippen LogP contribution in [0.2, 0.25) is 0 Å². The number of rotatable bonds is 2. The molecule has 0 saturated carbocycles. The van der Waals surface area contributed by atoms with E-state index >= 15 is 0 Å². The van der Waals surface area contributed by atoms with Crippen molar-refractivity contribution in [3.8, 4) is 0 Å². The van der Waals surface area contributed by atoms with E-state index in [0.29, 0.717) is 11.3 Å². The van der Waals surface area contributed by atoms with Gasteiger partial charge in [-0.25, -0.2) is 0 Å². The normalized spacial score (nSPS) is 22.2. The molecular formula is C13H14O2S. The number of allylic oxidation sites excluding steroid dienone is 4. The second-order valence-electron chi connectivity index (χ2n) is 3.58. The molecule has 0 amide bonds. The highest BCUT2D eigenvalue weighted by atomic mass is 32.3. The Bertz CT molecular complexity index is 444. The second kappa shape index (κ2) is 4.70. The van der Waals surface area contributed by atoms with Crippen LogP contribution in [0.15, 0.2) is 64.9 Å². The Hall–Kier alpha value is -1.29. The highest BCUT2D eigenvalue weighted by Gasteiger charge is 2.14. The first-order valence-corrected chi connectivity index (χ1v) is 6.66.